The van der Waals surface area contributed by atoms with Gasteiger partial charge in [0.05, 0.1) is 11.4 Å². The molecule has 0 aliphatic heterocycles. The Morgan fingerprint density at radius 1 is 0.625 bits per heavy atom. The molecule has 0 N–H and O–H groups in total. The van der Waals surface area contributed by atoms with Crippen molar-refractivity contribution in [3.8, 4) is 39.8 Å². The average Bonchev–Trinajstić information content (AvgIpc) is 3.46. The Morgan fingerprint density at radius 2 is 1.25 bits per heavy atom. The molecule has 2 aromatic heterocycles. The van der Waals surface area contributed by atoms with Crippen LogP contribution >= 0.6 is 0 Å². The summed E-state index contributed by atoms with van der Waals surface area (Å²) in [5.41, 5.74) is 6.80. The van der Waals surface area contributed by atoms with Crippen molar-refractivity contribution in [2.75, 3.05) is 0 Å². The first-order valence-electron chi connectivity index (χ1n) is 13.9. The SMILES string of the molecule is CC(C)c1cccc(C(C)C)c1-n1ccnc1-c1cccc(Oc2cccc(-c3cc4ccccc4cn3)c2)c1. The number of hydrogen-bond donors (Lipinski definition) is 0. The fraction of sp³-hybridized carbons (Fsp3) is 0.167. The van der Waals surface area contributed by atoms with Gasteiger partial charge in [0.15, 0.2) is 0 Å². The molecule has 0 bridgehead atoms. The number of imidazole rings is 1. The fourth-order valence-electron chi connectivity index (χ4n) is 5.28. The molecule has 0 saturated carbocycles. The van der Waals surface area contributed by atoms with E-state index in [1.54, 1.807) is 0 Å². The van der Waals surface area contributed by atoms with Gasteiger partial charge in [-0.05, 0) is 58.7 Å². The molecular weight excluding hydrogens is 490 g/mol. The van der Waals surface area contributed by atoms with Crippen LogP contribution in [0.2, 0.25) is 0 Å². The van der Waals surface area contributed by atoms with E-state index in [-0.39, 0.29) is 0 Å². The highest BCUT2D eigenvalue weighted by molar-refractivity contribution is 5.85. The van der Waals surface area contributed by atoms with Crippen molar-refractivity contribution < 1.29 is 4.74 Å². The molecule has 0 unspecified atom stereocenters. The van der Waals surface area contributed by atoms with Crippen molar-refractivity contribution in [2.45, 2.75) is 39.5 Å². The number of rotatable bonds is 7. The maximum atomic E-state index is 6.37. The first kappa shape index (κ1) is 25.6. The average molecular weight is 524 g/mol. The molecule has 0 atom stereocenters. The van der Waals surface area contributed by atoms with Gasteiger partial charge in [-0.2, -0.15) is 0 Å². The quantitative estimate of drug-likeness (QED) is 0.209. The van der Waals surface area contributed by atoms with Gasteiger partial charge in [-0.1, -0.05) is 94.4 Å². The Hall–Kier alpha value is -4.70. The number of ether oxygens (including phenoxy) is 1. The minimum absolute atomic E-state index is 0.392. The van der Waals surface area contributed by atoms with Crippen molar-refractivity contribution in [2.24, 2.45) is 0 Å². The largest absolute Gasteiger partial charge is 0.457 e. The van der Waals surface area contributed by atoms with E-state index in [1.807, 2.05) is 48.8 Å². The number of para-hydroxylation sites is 1. The molecule has 2 heterocycles. The smallest absolute Gasteiger partial charge is 0.144 e. The minimum atomic E-state index is 0.392. The third-order valence-corrected chi connectivity index (χ3v) is 7.31. The highest BCUT2D eigenvalue weighted by Gasteiger charge is 2.19. The highest BCUT2D eigenvalue weighted by atomic mass is 16.5. The highest BCUT2D eigenvalue weighted by Crippen LogP contribution is 2.35. The molecule has 0 fully saturated rings. The molecule has 4 heteroatoms. The van der Waals surface area contributed by atoms with Crippen LogP contribution in [0.3, 0.4) is 0 Å². The minimum Gasteiger partial charge on any atom is -0.457 e. The third kappa shape index (κ3) is 5.01. The summed E-state index contributed by atoms with van der Waals surface area (Å²) < 4.78 is 8.60. The maximum Gasteiger partial charge on any atom is 0.144 e. The first-order valence-corrected chi connectivity index (χ1v) is 13.9. The Balaban J connectivity index is 1.33. The van der Waals surface area contributed by atoms with Gasteiger partial charge in [-0.25, -0.2) is 4.98 Å². The van der Waals surface area contributed by atoms with Crippen LogP contribution in [0.1, 0.15) is 50.7 Å². The fourth-order valence-corrected chi connectivity index (χ4v) is 5.28. The monoisotopic (exact) mass is 523 g/mol. The summed E-state index contributed by atoms with van der Waals surface area (Å²) in [6, 6.07) is 33.3. The molecule has 4 nitrogen and oxygen atoms in total. The predicted octanol–water partition coefficient (Wildman–Crippen LogP) is 9.79. The molecule has 4 aromatic carbocycles. The second kappa shape index (κ2) is 10.8. The second-order valence-electron chi connectivity index (χ2n) is 10.8. The number of hydrogen-bond acceptors (Lipinski definition) is 3. The van der Waals surface area contributed by atoms with Crippen LogP contribution in [-0.2, 0) is 0 Å². The van der Waals surface area contributed by atoms with Gasteiger partial charge in [-0.15, -0.1) is 0 Å². The van der Waals surface area contributed by atoms with E-state index in [2.05, 4.69) is 104 Å². The molecular formula is C36H33N3O. The molecule has 6 rings (SSSR count). The van der Waals surface area contributed by atoms with Crippen LogP contribution < -0.4 is 4.74 Å². The lowest BCUT2D eigenvalue weighted by Crippen LogP contribution is -2.07. The summed E-state index contributed by atoms with van der Waals surface area (Å²) in [6.45, 7) is 8.98. The summed E-state index contributed by atoms with van der Waals surface area (Å²) in [4.78, 5) is 9.47. The number of fused-ring (bicyclic) bond motifs is 1. The van der Waals surface area contributed by atoms with Crippen LogP contribution in [0.5, 0.6) is 11.5 Å². The number of nitrogens with zero attached hydrogens (tertiary/aromatic N) is 3. The predicted molar refractivity (Wildman–Crippen MR) is 164 cm³/mol. The third-order valence-electron chi connectivity index (χ3n) is 7.31. The summed E-state index contributed by atoms with van der Waals surface area (Å²) in [6.07, 6.45) is 5.87. The van der Waals surface area contributed by atoms with Crippen LogP contribution in [0.25, 0.3) is 39.1 Å². The van der Waals surface area contributed by atoms with E-state index in [0.29, 0.717) is 11.8 Å². The van der Waals surface area contributed by atoms with Crippen LogP contribution in [0.4, 0.5) is 0 Å². The summed E-state index contributed by atoms with van der Waals surface area (Å²) >= 11 is 0. The first-order chi connectivity index (χ1) is 19.5. The number of pyridine rings is 1. The zero-order valence-corrected chi connectivity index (χ0v) is 23.4. The molecule has 0 aliphatic rings. The van der Waals surface area contributed by atoms with Crippen molar-refractivity contribution in [1.82, 2.24) is 14.5 Å². The molecule has 0 amide bonds. The van der Waals surface area contributed by atoms with E-state index < -0.39 is 0 Å². The van der Waals surface area contributed by atoms with Gasteiger partial charge in [0.25, 0.3) is 0 Å². The van der Waals surface area contributed by atoms with Gasteiger partial charge in [0, 0.05) is 35.1 Å². The summed E-state index contributed by atoms with van der Waals surface area (Å²) in [5.74, 6) is 3.21. The van der Waals surface area contributed by atoms with Crippen molar-refractivity contribution in [3.05, 3.63) is 127 Å². The van der Waals surface area contributed by atoms with E-state index in [4.69, 9.17) is 9.72 Å². The van der Waals surface area contributed by atoms with Crippen LogP contribution in [-0.4, -0.2) is 14.5 Å². The lowest BCUT2D eigenvalue weighted by molar-refractivity contribution is 0.483. The normalized spacial score (nSPS) is 11.4. The molecule has 0 spiro atoms. The van der Waals surface area contributed by atoms with E-state index >= 15 is 0 Å². The number of benzene rings is 4. The van der Waals surface area contributed by atoms with Crippen LogP contribution in [0.15, 0.2) is 116 Å². The summed E-state index contributed by atoms with van der Waals surface area (Å²) in [7, 11) is 0. The maximum absolute atomic E-state index is 6.37. The Kier molecular flexibility index (Phi) is 6.91. The lowest BCUT2D eigenvalue weighted by atomic mass is 9.92. The molecule has 198 valence electrons. The number of aromatic nitrogens is 3. The van der Waals surface area contributed by atoms with E-state index in [9.17, 15) is 0 Å². The lowest BCUT2D eigenvalue weighted by Gasteiger charge is -2.22. The standard InChI is InChI=1S/C36H33N3O/c1-24(2)32-16-9-17-33(25(3)4)35(32)39-19-18-37-36(39)28-13-8-15-31(21-28)40-30-14-7-12-27(20-30)34-22-26-10-5-6-11-29(26)23-38-34/h5-25H,1-4H3. The van der Waals surface area contributed by atoms with Gasteiger partial charge >= 0.3 is 0 Å². The van der Waals surface area contributed by atoms with Crippen LogP contribution in [0, 0.1) is 0 Å². The van der Waals surface area contributed by atoms with Crippen molar-refractivity contribution in [1.29, 1.82) is 0 Å². The molecule has 0 radical (unpaired) electrons. The molecule has 40 heavy (non-hydrogen) atoms. The summed E-state index contributed by atoms with van der Waals surface area (Å²) in [5, 5.41) is 2.30. The topological polar surface area (TPSA) is 39.9 Å². The Labute approximate surface area is 236 Å². The zero-order chi connectivity index (χ0) is 27.6. The van der Waals surface area contributed by atoms with Gasteiger partial charge in [0.1, 0.15) is 17.3 Å². The molecule has 0 saturated heterocycles. The molecule has 0 aliphatic carbocycles. The Bertz CT molecular complexity index is 1770. The van der Waals surface area contributed by atoms with Crippen molar-refractivity contribution in [3.63, 3.8) is 0 Å². The van der Waals surface area contributed by atoms with Gasteiger partial charge in [0.2, 0.25) is 0 Å². The second-order valence-corrected chi connectivity index (χ2v) is 10.8. The zero-order valence-electron chi connectivity index (χ0n) is 23.4. The van der Waals surface area contributed by atoms with Crippen molar-refractivity contribution >= 4 is 10.8 Å². The molecule has 6 aromatic rings. The van der Waals surface area contributed by atoms with Gasteiger partial charge < -0.3 is 4.74 Å². The van der Waals surface area contributed by atoms with E-state index in [0.717, 1.165) is 39.5 Å². The van der Waals surface area contributed by atoms with Gasteiger partial charge in [-0.3, -0.25) is 9.55 Å². The van der Waals surface area contributed by atoms with E-state index in [1.165, 1.54) is 22.2 Å². The Morgan fingerprint density at radius 3 is 1.95 bits per heavy atom.